The van der Waals surface area contributed by atoms with Gasteiger partial charge < -0.3 is 19.4 Å². The summed E-state index contributed by atoms with van der Waals surface area (Å²) in [6.45, 7) is 1.39. The molecule has 6 nitrogen and oxygen atoms in total. The van der Waals surface area contributed by atoms with E-state index in [-0.39, 0.29) is 17.8 Å². The monoisotopic (exact) mass is 417 g/mol. The highest BCUT2D eigenvalue weighted by atomic mass is 19.1. The number of halogens is 1. The lowest BCUT2D eigenvalue weighted by atomic mass is 10.1. The van der Waals surface area contributed by atoms with Crippen LogP contribution in [0, 0.1) is 5.82 Å². The van der Waals surface area contributed by atoms with Crippen LogP contribution in [0.5, 0.6) is 11.5 Å². The van der Waals surface area contributed by atoms with Gasteiger partial charge in [0.1, 0.15) is 19.0 Å². The summed E-state index contributed by atoms with van der Waals surface area (Å²) in [6, 6.07) is 18.7. The van der Waals surface area contributed by atoms with E-state index < -0.39 is 0 Å². The first-order valence-electron chi connectivity index (χ1n) is 10.0. The van der Waals surface area contributed by atoms with Crippen molar-refractivity contribution in [1.29, 1.82) is 0 Å². The van der Waals surface area contributed by atoms with E-state index in [0.29, 0.717) is 36.8 Å². The van der Waals surface area contributed by atoms with Crippen LogP contribution in [0.1, 0.15) is 22.0 Å². The van der Waals surface area contributed by atoms with E-state index in [2.05, 4.69) is 10.3 Å². The van der Waals surface area contributed by atoms with E-state index in [9.17, 15) is 9.18 Å². The standard InChI is InChI=1S/C24H20FN3O3/c25-18-8-5-16(6-9-18)20(14-28-15-26-19-3-1-2-4-21(19)28)27-24(29)17-7-10-22-23(13-17)31-12-11-30-22/h1-10,13,15,20H,11-12,14H2,(H,27,29)/t20-/m0/s1. The van der Waals surface area contributed by atoms with Gasteiger partial charge in [0.2, 0.25) is 0 Å². The highest BCUT2D eigenvalue weighted by Crippen LogP contribution is 2.31. The van der Waals surface area contributed by atoms with Crippen molar-refractivity contribution in [2.75, 3.05) is 13.2 Å². The van der Waals surface area contributed by atoms with Gasteiger partial charge in [-0.3, -0.25) is 4.79 Å². The number of rotatable bonds is 5. The number of nitrogens with one attached hydrogen (secondary N) is 1. The fourth-order valence-corrected chi connectivity index (χ4v) is 3.71. The molecule has 1 aliphatic rings. The third-order valence-corrected chi connectivity index (χ3v) is 5.29. The van der Waals surface area contributed by atoms with Crippen LogP contribution in [0.25, 0.3) is 11.0 Å². The molecule has 1 aliphatic heterocycles. The van der Waals surface area contributed by atoms with Crippen LogP contribution in [-0.2, 0) is 6.54 Å². The van der Waals surface area contributed by atoms with Crippen LogP contribution in [-0.4, -0.2) is 28.7 Å². The predicted molar refractivity (Wildman–Crippen MR) is 114 cm³/mol. The molecule has 31 heavy (non-hydrogen) atoms. The number of benzene rings is 3. The Kier molecular flexibility index (Phi) is 5.00. The third kappa shape index (κ3) is 3.94. The van der Waals surface area contributed by atoms with Crippen molar-refractivity contribution in [2.45, 2.75) is 12.6 Å². The number of hydrogen-bond acceptors (Lipinski definition) is 4. The summed E-state index contributed by atoms with van der Waals surface area (Å²) in [5.41, 5.74) is 3.10. The molecule has 3 aromatic carbocycles. The molecule has 7 heteroatoms. The van der Waals surface area contributed by atoms with E-state index in [0.717, 1.165) is 16.6 Å². The van der Waals surface area contributed by atoms with E-state index >= 15 is 0 Å². The Balaban J connectivity index is 1.44. The zero-order valence-electron chi connectivity index (χ0n) is 16.6. The molecule has 0 bridgehead atoms. The molecule has 0 aliphatic carbocycles. The molecule has 1 N–H and O–H groups in total. The Morgan fingerprint density at radius 2 is 1.81 bits per heavy atom. The van der Waals surface area contributed by atoms with Crippen molar-refractivity contribution in [3.63, 3.8) is 0 Å². The Bertz CT molecular complexity index is 1240. The van der Waals surface area contributed by atoms with Crippen molar-refractivity contribution in [2.24, 2.45) is 0 Å². The number of para-hydroxylation sites is 2. The summed E-state index contributed by atoms with van der Waals surface area (Å²) < 4.78 is 26.6. The van der Waals surface area contributed by atoms with Crippen molar-refractivity contribution < 1.29 is 18.7 Å². The van der Waals surface area contributed by atoms with Gasteiger partial charge in [-0.2, -0.15) is 0 Å². The first-order valence-corrected chi connectivity index (χ1v) is 10.0. The second-order valence-electron chi connectivity index (χ2n) is 7.32. The molecule has 1 atom stereocenters. The van der Waals surface area contributed by atoms with Crippen LogP contribution in [0.3, 0.4) is 0 Å². The van der Waals surface area contributed by atoms with Crippen molar-refractivity contribution in [3.8, 4) is 11.5 Å². The Morgan fingerprint density at radius 3 is 2.65 bits per heavy atom. The molecular formula is C24H20FN3O3. The highest BCUT2D eigenvalue weighted by Gasteiger charge is 2.20. The van der Waals surface area contributed by atoms with Gasteiger partial charge in [-0.1, -0.05) is 24.3 Å². The third-order valence-electron chi connectivity index (χ3n) is 5.29. The van der Waals surface area contributed by atoms with Gasteiger partial charge in [-0.15, -0.1) is 0 Å². The van der Waals surface area contributed by atoms with E-state index in [1.54, 1.807) is 36.7 Å². The van der Waals surface area contributed by atoms with Gasteiger partial charge in [-0.25, -0.2) is 9.37 Å². The van der Waals surface area contributed by atoms with Gasteiger partial charge in [0.15, 0.2) is 11.5 Å². The molecule has 0 spiro atoms. The van der Waals surface area contributed by atoms with Crippen molar-refractivity contribution in [1.82, 2.24) is 14.9 Å². The molecule has 0 saturated carbocycles. The molecule has 4 aromatic rings. The summed E-state index contributed by atoms with van der Waals surface area (Å²) in [6.07, 6.45) is 1.75. The minimum atomic E-state index is -0.390. The topological polar surface area (TPSA) is 65.4 Å². The number of carbonyl (C=O) groups excluding carboxylic acids is 1. The number of hydrogen-bond donors (Lipinski definition) is 1. The number of ether oxygens (including phenoxy) is 2. The van der Waals surface area contributed by atoms with Crippen molar-refractivity contribution in [3.05, 3.63) is 90.0 Å². The van der Waals surface area contributed by atoms with Crippen LogP contribution in [0.15, 0.2) is 73.1 Å². The zero-order valence-corrected chi connectivity index (χ0v) is 16.6. The molecule has 5 rings (SSSR count). The molecule has 1 aromatic heterocycles. The Morgan fingerprint density at radius 1 is 1.03 bits per heavy atom. The van der Waals surface area contributed by atoms with Gasteiger partial charge in [-0.05, 0) is 48.0 Å². The summed E-state index contributed by atoms with van der Waals surface area (Å²) in [5, 5.41) is 3.07. The molecule has 0 radical (unpaired) electrons. The molecule has 2 heterocycles. The first kappa shape index (κ1) is 19.1. The number of carbonyl (C=O) groups is 1. The lowest BCUT2D eigenvalue weighted by Gasteiger charge is -2.22. The smallest absolute Gasteiger partial charge is 0.251 e. The first-order chi connectivity index (χ1) is 15.2. The normalized spacial score (nSPS) is 13.7. The molecule has 156 valence electrons. The summed E-state index contributed by atoms with van der Waals surface area (Å²) in [7, 11) is 0. The maximum absolute atomic E-state index is 13.5. The average Bonchev–Trinajstić information content (AvgIpc) is 3.21. The van der Waals surface area contributed by atoms with E-state index in [1.165, 1.54) is 12.1 Å². The lowest BCUT2D eigenvalue weighted by Crippen LogP contribution is -2.31. The minimum Gasteiger partial charge on any atom is -0.486 e. The fourth-order valence-electron chi connectivity index (χ4n) is 3.71. The Hall–Kier alpha value is -3.87. The molecule has 0 unspecified atom stereocenters. The minimum absolute atomic E-state index is 0.254. The Labute approximate surface area is 178 Å². The summed E-state index contributed by atoms with van der Waals surface area (Å²) >= 11 is 0. The number of aromatic nitrogens is 2. The molecule has 0 fully saturated rings. The predicted octanol–water partition coefficient (Wildman–Crippen LogP) is 4.12. The number of fused-ring (bicyclic) bond motifs is 2. The second-order valence-corrected chi connectivity index (χ2v) is 7.32. The maximum atomic E-state index is 13.5. The quantitative estimate of drug-likeness (QED) is 0.531. The molecule has 1 amide bonds. The van der Waals surface area contributed by atoms with Crippen LogP contribution >= 0.6 is 0 Å². The van der Waals surface area contributed by atoms with Crippen molar-refractivity contribution >= 4 is 16.9 Å². The fraction of sp³-hybridized carbons (Fsp3) is 0.167. The van der Waals surface area contributed by atoms with Gasteiger partial charge in [0.25, 0.3) is 5.91 Å². The van der Waals surface area contributed by atoms with E-state index in [1.807, 2.05) is 28.8 Å². The SMILES string of the molecule is O=C(N[C@@H](Cn1cnc2ccccc21)c1ccc(F)cc1)c1ccc2c(c1)OCCO2. The average molecular weight is 417 g/mol. The van der Waals surface area contributed by atoms with Gasteiger partial charge >= 0.3 is 0 Å². The summed E-state index contributed by atoms with van der Waals surface area (Å²) in [5.74, 6) is 0.602. The largest absolute Gasteiger partial charge is 0.486 e. The second kappa shape index (κ2) is 8.10. The maximum Gasteiger partial charge on any atom is 0.251 e. The molecular weight excluding hydrogens is 397 g/mol. The van der Waals surface area contributed by atoms with Crippen LogP contribution in [0.4, 0.5) is 4.39 Å². The summed E-state index contributed by atoms with van der Waals surface area (Å²) in [4.78, 5) is 17.5. The number of amides is 1. The van der Waals surface area contributed by atoms with Crippen LogP contribution < -0.4 is 14.8 Å². The van der Waals surface area contributed by atoms with Gasteiger partial charge in [0.05, 0.1) is 23.4 Å². The number of nitrogens with zero attached hydrogens (tertiary/aromatic N) is 2. The lowest BCUT2D eigenvalue weighted by molar-refractivity contribution is 0.0931. The van der Waals surface area contributed by atoms with Crippen LogP contribution in [0.2, 0.25) is 0 Å². The highest BCUT2D eigenvalue weighted by molar-refractivity contribution is 5.95. The zero-order chi connectivity index (χ0) is 21.2. The number of imidazole rings is 1. The van der Waals surface area contributed by atoms with E-state index in [4.69, 9.17) is 9.47 Å². The molecule has 0 saturated heterocycles. The van der Waals surface area contributed by atoms with Gasteiger partial charge in [0, 0.05) is 12.1 Å².